The van der Waals surface area contributed by atoms with Gasteiger partial charge in [0.1, 0.15) is 6.10 Å². The van der Waals surface area contributed by atoms with Crippen LogP contribution in [0.3, 0.4) is 0 Å². The molecule has 6 heteroatoms. The lowest BCUT2D eigenvalue weighted by Crippen LogP contribution is -2.36. The van der Waals surface area contributed by atoms with Gasteiger partial charge in [-0.05, 0) is 30.7 Å². The minimum atomic E-state index is -2.87. The number of hydrogen-bond acceptors (Lipinski definition) is 3. The normalized spacial score (nSPS) is 12.5. The van der Waals surface area contributed by atoms with Crippen LogP contribution in [0.25, 0.3) is 0 Å². The molecule has 17 heavy (non-hydrogen) atoms. The van der Waals surface area contributed by atoms with E-state index < -0.39 is 25.0 Å². The number of nitrogens with two attached hydrogens (primary N) is 1. The highest BCUT2D eigenvalue weighted by molar-refractivity contribution is 5.96. The number of nitrogens with one attached hydrogen (secondary N) is 1. The standard InChI is InChI=1S/C11H14F2N2O2/c1-6-4-7(14)2-3-8(6)11(17)15-5-9(16)10(12)13/h2-4,9-10,16H,5,14H2,1H3,(H,15,17). The highest BCUT2D eigenvalue weighted by Crippen LogP contribution is 2.12. The monoisotopic (exact) mass is 244 g/mol. The summed E-state index contributed by atoms with van der Waals surface area (Å²) >= 11 is 0. The highest BCUT2D eigenvalue weighted by atomic mass is 19.3. The molecule has 1 atom stereocenters. The maximum Gasteiger partial charge on any atom is 0.265 e. The Labute approximate surface area is 97.4 Å². The van der Waals surface area contributed by atoms with Crippen molar-refractivity contribution in [3.05, 3.63) is 29.3 Å². The molecule has 0 aliphatic carbocycles. The Morgan fingerprint density at radius 2 is 2.18 bits per heavy atom. The minimum absolute atomic E-state index is 0.348. The predicted octanol–water partition coefficient (Wildman–Crippen LogP) is 0.933. The number of carbonyl (C=O) groups excluding carboxylic acids is 1. The number of benzene rings is 1. The second-order valence-corrected chi connectivity index (χ2v) is 3.69. The second-order valence-electron chi connectivity index (χ2n) is 3.69. The number of carbonyl (C=O) groups is 1. The zero-order valence-electron chi connectivity index (χ0n) is 9.28. The number of aliphatic hydroxyl groups is 1. The van der Waals surface area contributed by atoms with Crippen LogP contribution < -0.4 is 11.1 Å². The summed E-state index contributed by atoms with van der Waals surface area (Å²) in [5, 5.41) is 11.1. The number of halogens is 2. The molecule has 0 bridgehead atoms. The molecule has 0 radical (unpaired) electrons. The van der Waals surface area contributed by atoms with Gasteiger partial charge in [-0.3, -0.25) is 4.79 Å². The van der Waals surface area contributed by atoms with E-state index in [1.807, 2.05) is 0 Å². The van der Waals surface area contributed by atoms with Gasteiger partial charge in [-0.25, -0.2) is 8.78 Å². The molecule has 1 rings (SSSR count). The van der Waals surface area contributed by atoms with Crippen molar-refractivity contribution < 1.29 is 18.7 Å². The first-order valence-corrected chi connectivity index (χ1v) is 5.02. The average Bonchev–Trinajstić information content (AvgIpc) is 2.25. The number of amides is 1. The lowest BCUT2D eigenvalue weighted by molar-refractivity contribution is -0.00270. The first-order valence-electron chi connectivity index (χ1n) is 5.02. The van der Waals surface area contributed by atoms with Crippen molar-refractivity contribution in [3.8, 4) is 0 Å². The summed E-state index contributed by atoms with van der Waals surface area (Å²) in [4.78, 5) is 11.6. The number of aliphatic hydroxyl groups excluding tert-OH is 1. The van der Waals surface area contributed by atoms with E-state index in [9.17, 15) is 13.6 Å². The molecule has 4 N–H and O–H groups in total. The van der Waals surface area contributed by atoms with Gasteiger partial charge in [0.05, 0.1) is 0 Å². The quantitative estimate of drug-likeness (QED) is 0.690. The van der Waals surface area contributed by atoms with E-state index >= 15 is 0 Å². The van der Waals surface area contributed by atoms with E-state index in [-0.39, 0.29) is 0 Å². The summed E-state index contributed by atoms with van der Waals surface area (Å²) in [6, 6.07) is 4.67. The molecular weight excluding hydrogens is 230 g/mol. The molecular formula is C11H14F2N2O2. The molecule has 0 fully saturated rings. The highest BCUT2D eigenvalue weighted by Gasteiger charge is 2.18. The molecule has 0 heterocycles. The maximum absolute atomic E-state index is 12.0. The molecule has 1 aromatic carbocycles. The van der Waals surface area contributed by atoms with Gasteiger partial charge in [-0.1, -0.05) is 0 Å². The molecule has 1 aromatic rings. The minimum Gasteiger partial charge on any atom is -0.399 e. The van der Waals surface area contributed by atoms with E-state index in [1.54, 1.807) is 19.1 Å². The number of nitrogen functional groups attached to an aromatic ring is 1. The van der Waals surface area contributed by atoms with Crippen LogP contribution in [-0.2, 0) is 0 Å². The fourth-order valence-corrected chi connectivity index (χ4v) is 1.32. The van der Waals surface area contributed by atoms with Crippen molar-refractivity contribution in [2.75, 3.05) is 12.3 Å². The van der Waals surface area contributed by atoms with Crippen molar-refractivity contribution in [3.63, 3.8) is 0 Å². The van der Waals surface area contributed by atoms with Crippen LogP contribution in [0, 0.1) is 6.92 Å². The first-order chi connectivity index (χ1) is 7.91. The smallest absolute Gasteiger partial charge is 0.265 e. The van der Waals surface area contributed by atoms with Crippen LogP contribution in [0.1, 0.15) is 15.9 Å². The largest absolute Gasteiger partial charge is 0.399 e. The molecule has 0 aromatic heterocycles. The lowest BCUT2D eigenvalue weighted by atomic mass is 10.1. The summed E-state index contributed by atoms with van der Waals surface area (Å²) in [7, 11) is 0. The average molecular weight is 244 g/mol. The van der Waals surface area contributed by atoms with Gasteiger partial charge >= 0.3 is 0 Å². The molecule has 0 spiro atoms. The third kappa shape index (κ3) is 3.67. The fourth-order valence-electron chi connectivity index (χ4n) is 1.32. The van der Waals surface area contributed by atoms with Crippen LogP contribution in [0.5, 0.6) is 0 Å². The molecule has 4 nitrogen and oxygen atoms in total. The van der Waals surface area contributed by atoms with E-state index in [2.05, 4.69) is 5.32 Å². The van der Waals surface area contributed by atoms with Crippen molar-refractivity contribution in [1.82, 2.24) is 5.32 Å². The van der Waals surface area contributed by atoms with Gasteiger partial charge in [0, 0.05) is 17.8 Å². The maximum atomic E-state index is 12.0. The first kappa shape index (κ1) is 13.4. The van der Waals surface area contributed by atoms with Crippen molar-refractivity contribution in [2.45, 2.75) is 19.5 Å². The molecule has 1 amide bonds. The predicted molar refractivity (Wildman–Crippen MR) is 59.9 cm³/mol. The van der Waals surface area contributed by atoms with Crippen molar-refractivity contribution >= 4 is 11.6 Å². The second kappa shape index (κ2) is 5.58. The SMILES string of the molecule is Cc1cc(N)ccc1C(=O)NCC(O)C(F)F. The number of hydrogen-bond donors (Lipinski definition) is 3. The summed E-state index contributed by atoms with van der Waals surface area (Å²) in [6.45, 7) is 1.20. The van der Waals surface area contributed by atoms with E-state index in [0.29, 0.717) is 16.8 Å². The lowest BCUT2D eigenvalue weighted by Gasteiger charge is -2.12. The van der Waals surface area contributed by atoms with Crippen LogP contribution in [0.15, 0.2) is 18.2 Å². The molecule has 0 aliphatic heterocycles. The summed E-state index contributed by atoms with van der Waals surface area (Å²) in [5.74, 6) is -0.512. The van der Waals surface area contributed by atoms with Crippen molar-refractivity contribution in [1.29, 1.82) is 0 Å². The van der Waals surface area contributed by atoms with E-state index in [1.165, 1.54) is 6.07 Å². The molecule has 0 saturated heterocycles. The Bertz CT molecular complexity index is 410. The van der Waals surface area contributed by atoms with Gasteiger partial charge in [0.15, 0.2) is 0 Å². The number of rotatable bonds is 4. The van der Waals surface area contributed by atoms with E-state index in [4.69, 9.17) is 10.8 Å². The number of anilines is 1. The molecule has 0 saturated carbocycles. The fraction of sp³-hybridized carbons (Fsp3) is 0.364. The third-order valence-corrected chi connectivity index (χ3v) is 2.26. The Hall–Kier alpha value is -1.69. The van der Waals surface area contributed by atoms with Crippen LogP contribution in [-0.4, -0.2) is 30.1 Å². The number of alkyl halides is 2. The molecule has 0 aliphatic rings. The number of aryl methyl sites for hydroxylation is 1. The summed E-state index contributed by atoms with van der Waals surface area (Å²) < 4.78 is 24.0. The zero-order valence-corrected chi connectivity index (χ0v) is 9.28. The van der Waals surface area contributed by atoms with E-state index in [0.717, 1.165) is 0 Å². The van der Waals surface area contributed by atoms with Crippen LogP contribution in [0.2, 0.25) is 0 Å². The Balaban J connectivity index is 2.64. The molecule has 94 valence electrons. The Kier molecular flexibility index (Phi) is 4.39. The van der Waals surface area contributed by atoms with Gasteiger partial charge in [0.25, 0.3) is 12.3 Å². The van der Waals surface area contributed by atoms with Gasteiger partial charge in [-0.15, -0.1) is 0 Å². The van der Waals surface area contributed by atoms with Gasteiger partial charge < -0.3 is 16.2 Å². The zero-order chi connectivity index (χ0) is 13.0. The van der Waals surface area contributed by atoms with Crippen molar-refractivity contribution in [2.24, 2.45) is 0 Å². The summed E-state index contributed by atoms with van der Waals surface area (Å²) in [6.07, 6.45) is -4.73. The van der Waals surface area contributed by atoms with Gasteiger partial charge in [-0.2, -0.15) is 0 Å². The van der Waals surface area contributed by atoms with Crippen LogP contribution in [0.4, 0.5) is 14.5 Å². The Morgan fingerprint density at radius 1 is 1.53 bits per heavy atom. The third-order valence-electron chi connectivity index (χ3n) is 2.26. The Morgan fingerprint density at radius 3 is 2.71 bits per heavy atom. The van der Waals surface area contributed by atoms with Crippen LogP contribution >= 0.6 is 0 Å². The summed E-state index contributed by atoms with van der Waals surface area (Å²) in [5.41, 5.74) is 7.03. The topological polar surface area (TPSA) is 75.4 Å². The molecule has 1 unspecified atom stereocenters. The van der Waals surface area contributed by atoms with Gasteiger partial charge in [0.2, 0.25) is 0 Å².